The molecule has 0 saturated carbocycles. The lowest BCUT2D eigenvalue weighted by molar-refractivity contribution is 0.287. The summed E-state index contributed by atoms with van der Waals surface area (Å²) >= 11 is 7.67. The molecule has 0 unspecified atom stereocenters. The molecule has 0 aliphatic heterocycles. The number of hydrogen-bond donors (Lipinski definition) is 0. The first kappa shape index (κ1) is 18.5. The van der Waals surface area contributed by atoms with Gasteiger partial charge < -0.3 is 4.74 Å². The lowest BCUT2D eigenvalue weighted by Gasteiger charge is -2.10. The Kier molecular flexibility index (Phi) is 6.36. The molecule has 134 valence electrons. The highest BCUT2D eigenvalue weighted by molar-refractivity contribution is 7.98. The quantitative estimate of drug-likeness (QED) is 0.390. The van der Waals surface area contributed by atoms with Gasteiger partial charge >= 0.3 is 0 Å². The molecule has 3 aromatic rings. The number of halogens is 1. The van der Waals surface area contributed by atoms with Gasteiger partial charge in [0.05, 0.1) is 0 Å². The van der Waals surface area contributed by atoms with E-state index >= 15 is 0 Å². The van der Waals surface area contributed by atoms with Gasteiger partial charge in [-0.3, -0.25) is 4.57 Å². The van der Waals surface area contributed by atoms with E-state index in [-0.39, 0.29) is 0 Å². The maximum Gasteiger partial charge on any atom is 0.191 e. The minimum atomic E-state index is 0.365. The molecule has 0 spiro atoms. The topological polar surface area (TPSA) is 39.9 Å². The van der Waals surface area contributed by atoms with Crippen molar-refractivity contribution in [2.75, 3.05) is 0 Å². The monoisotopic (exact) mass is 385 g/mol. The lowest BCUT2D eigenvalue weighted by atomic mass is 10.2. The molecule has 0 N–H and O–H groups in total. The summed E-state index contributed by atoms with van der Waals surface area (Å²) in [4.78, 5) is 0. The van der Waals surface area contributed by atoms with Crippen molar-refractivity contribution in [2.45, 2.75) is 31.0 Å². The van der Waals surface area contributed by atoms with Crippen molar-refractivity contribution in [2.24, 2.45) is 0 Å². The van der Waals surface area contributed by atoms with Crippen LogP contribution in [-0.2, 0) is 18.9 Å². The molecular formula is C20H20ClN3OS. The number of ether oxygens (including phenoxy) is 1. The standard InChI is InChI=1S/C20H20ClN3OS/c1-3-11-24-19(13-25-18-10-5-4-7-15(18)2)22-23-20(24)26-14-16-8-6-9-17(21)12-16/h3-10,12H,1,11,13-14H2,2H3. The molecule has 0 fully saturated rings. The predicted molar refractivity (Wildman–Crippen MR) is 107 cm³/mol. The van der Waals surface area contributed by atoms with E-state index in [1.54, 1.807) is 11.8 Å². The van der Waals surface area contributed by atoms with Crippen LogP contribution in [0.15, 0.2) is 66.3 Å². The molecule has 4 nitrogen and oxygen atoms in total. The number of para-hydroxylation sites is 1. The molecule has 3 rings (SSSR count). The molecule has 0 bridgehead atoms. The van der Waals surface area contributed by atoms with Crippen molar-refractivity contribution in [3.63, 3.8) is 0 Å². The highest BCUT2D eigenvalue weighted by Gasteiger charge is 2.13. The highest BCUT2D eigenvalue weighted by atomic mass is 35.5. The smallest absolute Gasteiger partial charge is 0.191 e. The first-order chi connectivity index (χ1) is 12.7. The molecule has 0 saturated heterocycles. The Morgan fingerprint density at radius 1 is 1.19 bits per heavy atom. The van der Waals surface area contributed by atoms with Gasteiger partial charge in [-0.05, 0) is 36.2 Å². The van der Waals surface area contributed by atoms with Gasteiger partial charge in [-0.1, -0.05) is 59.8 Å². The number of rotatable bonds is 8. The van der Waals surface area contributed by atoms with E-state index in [4.69, 9.17) is 16.3 Å². The first-order valence-corrected chi connectivity index (χ1v) is 9.62. The van der Waals surface area contributed by atoms with Gasteiger partial charge in [0.1, 0.15) is 12.4 Å². The summed E-state index contributed by atoms with van der Waals surface area (Å²) < 4.78 is 7.95. The van der Waals surface area contributed by atoms with Gasteiger partial charge in [0.2, 0.25) is 0 Å². The Balaban J connectivity index is 1.71. The number of aromatic nitrogens is 3. The van der Waals surface area contributed by atoms with Crippen LogP contribution in [0.25, 0.3) is 0 Å². The van der Waals surface area contributed by atoms with Crippen LogP contribution in [0.4, 0.5) is 0 Å². The Morgan fingerprint density at radius 2 is 2.04 bits per heavy atom. The SMILES string of the molecule is C=CCn1c(COc2ccccc2C)nnc1SCc1cccc(Cl)c1. The van der Waals surface area contributed by atoms with Crippen LogP contribution in [0.3, 0.4) is 0 Å². The van der Waals surface area contributed by atoms with E-state index in [0.29, 0.717) is 13.2 Å². The van der Waals surface area contributed by atoms with Crippen molar-refractivity contribution in [1.29, 1.82) is 0 Å². The number of hydrogen-bond acceptors (Lipinski definition) is 4. The number of allylic oxidation sites excluding steroid dienone is 1. The largest absolute Gasteiger partial charge is 0.485 e. The van der Waals surface area contributed by atoms with E-state index in [9.17, 15) is 0 Å². The van der Waals surface area contributed by atoms with Gasteiger partial charge in [0.25, 0.3) is 0 Å². The number of benzene rings is 2. The normalized spacial score (nSPS) is 10.7. The van der Waals surface area contributed by atoms with Crippen molar-refractivity contribution in [3.05, 3.63) is 83.2 Å². The zero-order chi connectivity index (χ0) is 18.4. The molecule has 0 radical (unpaired) electrons. The van der Waals surface area contributed by atoms with Crippen LogP contribution in [-0.4, -0.2) is 14.8 Å². The van der Waals surface area contributed by atoms with Crippen molar-refractivity contribution in [1.82, 2.24) is 14.8 Å². The zero-order valence-electron chi connectivity index (χ0n) is 14.6. The molecule has 1 aromatic heterocycles. The Hall–Kier alpha value is -2.24. The van der Waals surface area contributed by atoms with Crippen molar-refractivity contribution < 1.29 is 4.74 Å². The fourth-order valence-corrected chi connectivity index (χ4v) is 3.60. The third kappa shape index (κ3) is 4.68. The molecule has 2 aromatic carbocycles. The van der Waals surface area contributed by atoms with Crippen LogP contribution >= 0.6 is 23.4 Å². The third-order valence-corrected chi connectivity index (χ3v) is 5.09. The maximum atomic E-state index is 6.05. The summed E-state index contributed by atoms with van der Waals surface area (Å²) in [6.07, 6.45) is 1.84. The number of thioether (sulfide) groups is 1. The summed E-state index contributed by atoms with van der Waals surface area (Å²) in [6.45, 7) is 6.86. The predicted octanol–water partition coefficient (Wildman–Crippen LogP) is 5.30. The van der Waals surface area contributed by atoms with Crippen LogP contribution in [0.2, 0.25) is 5.02 Å². The maximum absolute atomic E-state index is 6.05. The fourth-order valence-electron chi connectivity index (χ4n) is 2.48. The van der Waals surface area contributed by atoms with Crippen LogP contribution in [0.1, 0.15) is 17.0 Å². The van der Waals surface area contributed by atoms with E-state index in [1.165, 1.54) is 0 Å². The van der Waals surface area contributed by atoms with E-state index in [0.717, 1.165) is 38.6 Å². The Labute approximate surface area is 162 Å². The number of nitrogens with zero attached hydrogens (tertiary/aromatic N) is 3. The number of aryl methyl sites for hydroxylation is 1. The summed E-state index contributed by atoms with van der Waals surface area (Å²) in [5, 5.41) is 10.2. The molecular weight excluding hydrogens is 366 g/mol. The first-order valence-electron chi connectivity index (χ1n) is 8.26. The zero-order valence-corrected chi connectivity index (χ0v) is 16.1. The summed E-state index contributed by atoms with van der Waals surface area (Å²) in [5.41, 5.74) is 2.24. The molecule has 0 amide bonds. The molecule has 0 aliphatic carbocycles. The van der Waals surface area contributed by atoms with Gasteiger partial charge in [0.15, 0.2) is 11.0 Å². The molecule has 1 heterocycles. The van der Waals surface area contributed by atoms with Gasteiger partial charge in [-0.25, -0.2) is 0 Å². The van der Waals surface area contributed by atoms with E-state index in [2.05, 4.69) is 22.8 Å². The van der Waals surface area contributed by atoms with Crippen molar-refractivity contribution >= 4 is 23.4 Å². The minimum Gasteiger partial charge on any atom is -0.485 e. The van der Waals surface area contributed by atoms with Gasteiger partial charge in [-0.15, -0.1) is 16.8 Å². The van der Waals surface area contributed by atoms with Crippen molar-refractivity contribution in [3.8, 4) is 5.75 Å². The molecule has 0 atom stereocenters. The summed E-state index contributed by atoms with van der Waals surface area (Å²) in [7, 11) is 0. The average Bonchev–Trinajstić information content (AvgIpc) is 3.02. The lowest BCUT2D eigenvalue weighted by Crippen LogP contribution is -2.08. The molecule has 0 aliphatic rings. The van der Waals surface area contributed by atoms with Crippen LogP contribution in [0, 0.1) is 6.92 Å². The van der Waals surface area contributed by atoms with E-state index in [1.807, 2.05) is 60.0 Å². The highest BCUT2D eigenvalue weighted by Crippen LogP contribution is 2.24. The molecule has 6 heteroatoms. The van der Waals surface area contributed by atoms with Crippen LogP contribution in [0.5, 0.6) is 5.75 Å². The van der Waals surface area contributed by atoms with E-state index < -0.39 is 0 Å². The third-order valence-electron chi connectivity index (χ3n) is 3.81. The fraction of sp³-hybridized carbons (Fsp3) is 0.200. The van der Waals surface area contributed by atoms with Gasteiger partial charge in [-0.2, -0.15) is 0 Å². The second kappa shape index (κ2) is 8.92. The second-order valence-corrected chi connectivity index (χ2v) is 7.15. The second-order valence-electron chi connectivity index (χ2n) is 5.77. The Bertz CT molecular complexity index is 894. The average molecular weight is 386 g/mol. The summed E-state index contributed by atoms with van der Waals surface area (Å²) in [6, 6.07) is 15.8. The Morgan fingerprint density at radius 3 is 2.81 bits per heavy atom. The summed E-state index contributed by atoms with van der Waals surface area (Å²) in [5.74, 6) is 2.41. The minimum absolute atomic E-state index is 0.365. The van der Waals surface area contributed by atoms with Crippen LogP contribution < -0.4 is 4.74 Å². The molecule has 26 heavy (non-hydrogen) atoms. The van der Waals surface area contributed by atoms with Gasteiger partial charge in [0, 0.05) is 17.3 Å².